The van der Waals surface area contributed by atoms with Gasteiger partial charge in [-0.15, -0.1) is 0 Å². The molecule has 0 unspecified atom stereocenters. The number of fused-ring (bicyclic) bond motifs is 2. The molecule has 8 heteroatoms. The zero-order valence-corrected chi connectivity index (χ0v) is 18.9. The van der Waals surface area contributed by atoms with Gasteiger partial charge in [-0.3, -0.25) is 4.90 Å². The summed E-state index contributed by atoms with van der Waals surface area (Å²) in [5.74, 6) is 0.0780. The van der Waals surface area contributed by atoms with E-state index in [0.717, 1.165) is 59.4 Å². The second-order valence-corrected chi connectivity index (χ2v) is 9.01. The fourth-order valence-corrected chi connectivity index (χ4v) is 4.57. The van der Waals surface area contributed by atoms with Gasteiger partial charge in [0.25, 0.3) is 0 Å². The van der Waals surface area contributed by atoms with Crippen molar-refractivity contribution < 1.29 is 14.8 Å². The number of para-hydroxylation sites is 1. The molecular weight excluding hydrogens is 458 g/mol. The number of aromatic amines is 1. The molecule has 0 spiro atoms. The van der Waals surface area contributed by atoms with Crippen LogP contribution in [0.3, 0.4) is 0 Å². The van der Waals surface area contributed by atoms with Gasteiger partial charge in [0.2, 0.25) is 0 Å². The SMILES string of the molecule is CN1CC[NH+](CCON=C2C(c3c(O)[nH]c4ccc(Br)cc34)=Nc3ccccc32)CC1. The van der Waals surface area contributed by atoms with Crippen LogP contribution in [-0.4, -0.2) is 72.8 Å². The monoisotopic (exact) mass is 482 g/mol. The minimum absolute atomic E-state index is 0.0780. The summed E-state index contributed by atoms with van der Waals surface area (Å²) in [6, 6.07) is 13.7. The first-order valence-corrected chi connectivity index (χ1v) is 11.3. The summed E-state index contributed by atoms with van der Waals surface area (Å²) in [6.07, 6.45) is 0. The Hall–Kier alpha value is -2.68. The lowest BCUT2D eigenvalue weighted by atomic mass is 10.0. The number of hydrogen-bond acceptors (Lipinski definition) is 5. The average molecular weight is 483 g/mol. The van der Waals surface area contributed by atoms with E-state index in [2.05, 4.69) is 38.0 Å². The number of halogens is 1. The summed E-state index contributed by atoms with van der Waals surface area (Å²) in [6.45, 7) is 5.95. The number of nitrogens with zero attached hydrogens (tertiary/aromatic N) is 3. The van der Waals surface area contributed by atoms with Gasteiger partial charge in [0.15, 0.2) is 12.5 Å². The van der Waals surface area contributed by atoms with Crippen molar-refractivity contribution in [3.05, 3.63) is 58.1 Å². The second kappa shape index (κ2) is 8.45. The Bertz CT molecular complexity index is 1180. The Kier molecular flexibility index (Phi) is 5.52. The molecule has 3 aromatic rings. The lowest BCUT2D eigenvalue weighted by Gasteiger charge is -2.29. The molecule has 0 radical (unpaired) electrons. The van der Waals surface area contributed by atoms with Crippen molar-refractivity contribution in [3.63, 3.8) is 0 Å². The topological polar surface area (TPSA) is 77.6 Å². The van der Waals surface area contributed by atoms with E-state index in [1.807, 2.05) is 42.5 Å². The van der Waals surface area contributed by atoms with Crippen LogP contribution in [0.25, 0.3) is 10.9 Å². The van der Waals surface area contributed by atoms with E-state index >= 15 is 0 Å². The minimum atomic E-state index is 0.0780. The largest absolute Gasteiger partial charge is 0.494 e. The van der Waals surface area contributed by atoms with Gasteiger partial charge >= 0.3 is 0 Å². The van der Waals surface area contributed by atoms with Crippen LogP contribution < -0.4 is 4.90 Å². The van der Waals surface area contributed by atoms with Crippen molar-refractivity contribution in [2.75, 3.05) is 46.4 Å². The first-order valence-electron chi connectivity index (χ1n) is 10.5. The molecule has 1 saturated heterocycles. The second-order valence-electron chi connectivity index (χ2n) is 8.09. The minimum Gasteiger partial charge on any atom is -0.494 e. The highest BCUT2D eigenvalue weighted by Gasteiger charge is 2.29. The number of aromatic nitrogens is 1. The number of piperazine rings is 1. The molecule has 0 amide bonds. The van der Waals surface area contributed by atoms with Crippen LogP contribution in [-0.2, 0) is 4.84 Å². The molecule has 31 heavy (non-hydrogen) atoms. The summed E-state index contributed by atoms with van der Waals surface area (Å²) in [7, 11) is 2.16. The molecule has 2 aliphatic heterocycles. The summed E-state index contributed by atoms with van der Waals surface area (Å²) in [4.78, 5) is 17.5. The highest BCUT2D eigenvalue weighted by Crippen LogP contribution is 2.36. The molecule has 3 N–H and O–H groups in total. The number of aromatic hydroxyl groups is 1. The first-order chi connectivity index (χ1) is 15.1. The number of likely N-dealkylation sites (N-methyl/N-ethyl adjacent to an activating group) is 1. The average Bonchev–Trinajstić information content (AvgIpc) is 3.28. The van der Waals surface area contributed by atoms with Crippen LogP contribution in [0.15, 0.2) is 57.1 Å². The molecule has 0 bridgehead atoms. The molecule has 0 atom stereocenters. The molecule has 2 aromatic carbocycles. The Morgan fingerprint density at radius 1 is 1.23 bits per heavy atom. The van der Waals surface area contributed by atoms with E-state index in [4.69, 9.17) is 9.83 Å². The van der Waals surface area contributed by atoms with E-state index in [0.29, 0.717) is 23.6 Å². The highest BCUT2D eigenvalue weighted by atomic mass is 79.9. The summed E-state index contributed by atoms with van der Waals surface area (Å²) < 4.78 is 0.932. The maximum Gasteiger partial charge on any atom is 0.199 e. The molecule has 0 aliphatic carbocycles. The van der Waals surface area contributed by atoms with Crippen molar-refractivity contribution in [2.45, 2.75) is 0 Å². The Labute approximate surface area is 189 Å². The predicted molar refractivity (Wildman–Crippen MR) is 126 cm³/mol. The standard InChI is InChI=1S/C23H24BrN5O2/c1-28-8-10-29(11-9-28)12-13-31-27-21-16-4-2-3-5-18(16)25-22(21)20-17-14-15(24)6-7-19(17)26-23(20)30/h2-7,14,26,30H,8-13H2,1H3/p+1. The van der Waals surface area contributed by atoms with Crippen molar-refractivity contribution >= 4 is 43.9 Å². The number of oxime groups is 1. The van der Waals surface area contributed by atoms with Crippen LogP contribution in [0, 0.1) is 0 Å². The van der Waals surface area contributed by atoms with Gasteiger partial charge in [-0.05, 0) is 31.3 Å². The van der Waals surface area contributed by atoms with Crippen molar-refractivity contribution in [2.24, 2.45) is 10.1 Å². The van der Waals surface area contributed by atoms with Gasteiger partial charge in [0.1, 0.15) is 18.0 Å². The van der Waals surface area contributed by atoms with Crippen LogP contribution in [0.5, 0.6) is 5.88 Å². The van der Waals surface area contributed by atoms with Crippen molar-refractivity contribution in [1.29, 1.82) is 0 Å². The van der Waals surface area contributed by atoms with Crippen molar-refractivity contribution in [1.82, 2.24) is 9.88 Å². The number of benzene rings is 2. The van der Waals surface area contributed by atoms with Gasteiger partial charge in [-0.1, -0.05) is 39.3 Å². The smallest absolute Gasteiger partial charge is 0.199 e. The molecule has 1 fully saturated rings. The highest BCUT2D eigenvalue weighted by molar-refractivity contribution is 9.10. The maximum absolute atomic E-state index is 10.7. The van der Waals surface area contributed by atoms with Gasteiger partial charge in [-0.2, -0.15) is 0 Å². The summed E-state index contributed by atoms with van der Waals surface area (Å²) >= 11 is 3.52. The third-order valence-corrected chi connectivity index (χ3v) is 6.48. The fraction of sp³-hybridized carbons (Fsp3) is 0.304. The zero-order chi connectivity index (χ0) is 21.4. The molecule has 0 saturated carbocycles. The molecule has 2 aliphatic rings. The number of nitrogens with one attached hydrogen (secondary N) is 2. The number of aliphatic imine (C=N–C) groups is 1. The van der Waals surface area contributed by atoms with Gasteiger partial charge in [-0.25, -0.2) is 4.99 Å². The molecule has 160 valence electrons. The van der Waals surface area contributed by atoms with Crippen LogP contribution >= 0.6 is 15.9 Å². The lowest BCUT2D eigenvalue weighted by Crippen LogP contribution is -3.15. The molecule has 7 nitrogen and oxygen atoms in total. The van der Waals surface area contributed by atoms with Gasteiger partial charge < -0.3 is 19.8 Å². The fourth-order valence-electron chi connectivity index (χ4n) is 4.21. The maximum atomic E-state index is 10.7. The quantitative estimate of drug-likeness (QED) is 0.385. The van der Waals surface area contributed by atoms with E-state index in [-0.39, 0.29) is 5.88 Å². The first kappa shape index (κ1) is 20.2. The van der Waals surface area contributed by atoms with Crippen LogP contribution in [0.4, 0.5) is 5.69 Å². The predicted octanol–water partition coefficient (Wildman–Crippen LogP) is 2.32. The summed E-state index contributed by atoms with van der Waals surface area (Å²) in [5, 5.41) is 16.1. The van der Waals surface area contributed by atoms with E-state index in [1.54, 1.807) is 0 Å². The number of H-pyrrole nitrogens is 1. The Morgan fingerprint density at radius 2 is 2.03 bits per heavy atom. The molecular formula is C23H25BrN5O2+. The number of quaternary nitrogens is 1. The third kappa shape index (κ3) is 3.98. The van der Waals surface area contributed by atoms with Crippen LogP contribution in [0.2, 0.25) is 0 Å². The Balaban J connectivity index is 1.43. The van der Waals surface area contributed by atoms with Crippen molar-refractivity contribution in [3.8, 4) is 5.88 Å². The van der Waals surface area contributed by atoms with E-state index in [1.165, 1.54) is 4.90 Å². The van der Waals surface area contributed by atoms with E-state index in [9.17, 15) is 5.11 Å². The number of rotatable bonds is 5. The normalized spacial score (nSPS) is 18.5. The lowest BCUT2D eigenvalue weighted by molar-refractivity contribution is -0.904. The summed E-state index contributed by atoms with van der Waals surface area (Å²) in [5.41, 5.74) is 4.49. The molecule has 3 heterocycles. The van der Waals surface area contributed by atoms with E-state index < -0.39 is 0 Å². The molecule has 1 aromatic heterocycles. The van der Waals surface area contributed by atoms with Crippen LogP contribution in [0.1, 0.15) is 11.1 Å². The number of hydrogen-bond donors (Lipinski definition) is 3. The zero-order valence-electron chi connectivity index (χ0n) is 17.4. The van der Waals surface area contributed by atoms with Gasteiger partial charge in [0, 0.05) is 34.0 Å². The third-order valence-electron chi connectivity index (χ3n) is 5.99. The van der Waals surface area contributed by atoms with Gasteiger partial charge in [0.05, 0.1) is 24.3 Å². The Morgan fingerprint density at radius 3 is 2.87 bits per heavy atom. The molecule has 5 rings (SSSR count).